The van der Waals surface area contributed by atoms with Gasteiger partial charge < -0.3 is 10.6 Å². The number of amides is 1. The first-order chi connectivity index (χ1) is 10.1. The maximum absolute atomic E-state index is 12.5. The Kier molecular flexibility index (Phi) is 5.22. The quantitative estimate of drug-likeness (QED) is 0.862. The molecule has 0 bridgehead atoms. The summed E-state index contributed by atoms with van der Waals surface area (Å²) in [6.07, 6.45) is 1.69. The lowest BCUT2D eigenvalue weighted by Crippen LogP contribution is -2.38. The highest BCUT2D eigenvalue weighted by Gasteiger charge is 2.18. The first-order valence-corrected chi connectivity index (χ1v) is 7.78. The van der Waals surface area contributed by atoms with Crippen LogP contribution < -0.4 is 10.6 Å². The molecular weight excluding hydrogens is 282 g/mol. The van der Waals surface area contributed by atoms with Crippen LogP contribution in [0, 0.1) is 0 Å². The van der Waals surface area contributed by atoms with Crippen LogP contribution in [0.3, 0.4) is 0 Å². The van der Waals surface area contributed by atoms with Gasteiger partial charge >= 0.3 is 0 Å². The molecule has 21 heavy (non-hydrogen) atoms. The third-order valence-corrected chi connectivity index (χ3v) is 3.91. The Balaban J connectivity index is 2.04. The molecule has 4 nitrogen and oxygen atoms in total. The minimum Gasteiger partial charge on any atom is -0.384 e. The molecular formula is C16H19N3OS. The predicted molar refractivity (Wildman–Crippen MR) is 88.4 cm³/mol. The third kappa shape index (κ3) is 4.23. The third-order valence-electron chi connectivity index (χ3n) is 2.94. The first-order valence-electron chi connectivity index (χ1n) is 6.79. The number of aromatic nitrogens is 1. The molecule has 5 heteroatoms. The van der Waals surface area contributed by atoms with Crippen LogP contribution in [0.15, 0.2) is 53.6 Å². The maximum atomic E-state index is 12.5. The molecule has 0 aliphatic carbocycles. The second-order valence-electron chi connectivity index (χ2n) is 4.90. The van der Waals surface area contributed by atoms with Crippen molar-refractivity contribution in [3.05, 3.63) is 48.7 Å². The van der Waals surface area contributed by atoms with Crippen LogP contribution in [-0.2, 0) is 4.79 Å². The van der Waals surface area contributed by atoms with Crippen LogP contribution in [0.25, 0.3) is 0 Å². The summed E-state index contributed by atoms with van der Waals surface area (Å²) in [6, 6.07) is 13.5. The molecule has 0 saturated heterocycles. The molecule has 2 N–H and O–H groups in total. The van der Waals surface area contributed by atoms with E-state index in [1.54, 1.807) is 12.3 Å². The molecule has 1 aromatic carbocycles. The number of nitrogens with zero attached hydrogens (tertiary/aromatic N) is 2. The van der Waals surface area contributed by atoms with Gasteiger partial charge in [0.15, 0.2) is 0 Å². The van der Waals surface area contributed by atoms with E-state index in [4.69, 9.17) is 5.73 Å². The highest BCUT2D eigenvalue weighted by atomic mass is 32.2. The van der Waals surface area contributed by atoms with Crippen LogP contribution in [0.2, 0.25) is 0 Å². The Morgan fingerprint density at radius 2 is 1.95 bits per heavy atom. The highest BCUT2D eigenvalue weighted by Crippen LogP contribution is 2.22. The second kappa shape index (κ2) is 7.13. The Labute approximate surface area is 129 Å². The summed E-state index contributed by atoms with van der Waals surface area (Å²) in [5.74, 6) is 0.940. The van der Waals surface area contributed by atoms with Crippen LogP contribution in [0.5, 0.6) is 0 Å². The minimum atomic E-state index is 0.0815. The summed E-state index contributed by atoms with van der Waals surface area (Å²) in [5.41, 5.74) is 6.48. The molecule has 2 aromatic rings. The highest BCUT2D eigenvalue weighted by molar-refractivity contribution is 8.00. The van der Waals surface area contributed by atoms with Crippen molar-refractivity contribution in [2.75, 3.05) is 16.4 Å². The monoisotopic (exact) mass is 301 g/mol. The van der Waals surface area contributed by atoms with Gasteiger partial charge in [0.05, 0.1) is 5.75 Å². The van der Waals surface area contributed by atoms with Gasteiger partial charge in [-0.1, -0.05) is 18.2 Å². The molecule has 0 atom stereocenters. The normalized spacial score (nSPS) is 10.6. The lowest BCUT2D eigenvalue weighted by atomic mass is 10.2. The van der Waals surface area contributed by atoms with Gasteiger partial charge in [0.1, 0.15) is 5.82 Å². The van der Waals surface area contributed by atoms with E-state index < -0.39 is 0 Å². The van der Waals surface area contributed by atoms with Gasteiger partial charge in [-0.25, -0.2) is 4.98 Å². The molecule has 110 valence electrons. The fraction of sp³-hybridized carbons (Fsp3) is 0.250. The van der Waals surface area contributed by atoms with Crippen LogP contribution in [-0.4, -0.2) is 22.7 Å². The number of carbonyl (C=O) groups is 1. The number of nitrogen functional groups attached to an aromatic ring is 1. The van der Waals surface area contributed by atoms with E-state index in [0.29, 0.717) is 11.6 Å². The van der Waals surface area contributed by atoms with Gasteiger partial charge in [-0.15, -0.1) is 11.8 Å². The van der Waals surface area contributed by atoms with Crippen molar-refractivity contribution in [1.29, 1.82) is 0 Å². The topological polar surface area (TPSA) is 59.2 Å². The predicted octanol–water partition coefficient (Wildman–Crippen LogP) is 3.20. The molecule has 0 radical (unpaired) electrons. The van der Waals surface area contributed by atoms with Gasteiger partial charge in [-0.05, 0) is 38.1 Å². The van der Waals surface area contributed by atoms with Crippen molar-refractivity contribution < 1.29 is 4.79 Å². The van der Waals surface area contributed by atoms with Gasteiger partial charge in [0.2, 0.25) is 5.91 Å². The van der Waals surface area contributed by atoms with Gasteiger partial charge in [-0.3, -0.25) is 4.79 Å². The minimum absolute atomic E-state index is 0.0815. The van der Waals surface area contributed by atoms with E-state index in [1.165, 1.54) is 11.8 Å². The van der Waals surface area contributed by atoms with Crippen molar-refractivity contribution in [2.24, 2.45) is 0 Å². The van der Waals surface area contributed by atoms with E-state index in [9.17, 15) is 4.79 Å². The Hall–Kier alpha value is -2.01. The van der Waals surface area contributed by atoms with Gasteiger partial charge in [-0.2, -0.15) is 0 Å². The molecule has 1 amide bonds. The molecule has 0 spiro atoms. The molecule has 0 fully saturated rings. The molecule has 2 rings (SSSR count). The SMILES string of the molecule is CC(C)N(C(=O)CSc1ccc(N)nc1)c1ccccc1. The molecule has 0 aliphatic heterocycles. The number of hydrogen-bond acceptors (Lipinski definition) is 4. The largest absolute Gasteiger partial charge is 0.384 e. The van der Waals surface area contributed by atoms with E-state index in [1.807, 2.05) is 55.1 Å². The molecule has 1 aromatic heterocycles. The lowest BCUT2D eigenvalue weighted by molar-refractivity contribution is -0.116. The van der Waals surface area contributed by atoms with Crippen molar-refractivity contribution in [2.45, 2.75) is 24.8 Å². The number of nitrogens with two attached hydrogens (primary N) is 1. The summed E-state index contributed by atoms with van der Waals surface area (Å²) < 4.78 is 0. The fourth-order valence-electron chi connectivity index (χ4n) is 2.01. The number of hydrogen-bond donors (Lipinski definition) is 1. The molecule has 0 aliphatic rings. The van der Waals surface area contributed by atoms with Crippen molar-refractivity contribution in [3.63, 3.8) is 0 Å². The van der Waals surface area contributed by atoms with Gasteiger partial charge in [0.25, 0.3) is 0 Å². The lowest BCUT2D eigenvalue weighted by Gasteiger charge is -2.26. The van der Waals surface area contributed by atoms with Crippen molar-refractivity contribution >= 4 is 29.2 Å². The summed E-state index contributed by atoms with van der Waals surface area (Å²) >= 11 is 1.47. The summed E-state index contributed by atoms with van der Waals surface area (Å²) in [5, 5.41) is 0. The summed E-state index contributed by atoms with van der Waals surface area (Å²) in [4.78, 5) is 19.3. The fourth-order valence-corrected chi connectivity index (χ4v) is 2.73. The number of carbonyl (C=O) groups excluding carboxylic acids is 1. The Morgan fingerprint density at radius 1 is 1.24 bits per heavy atom. The average molecular weight is 301 g/mol. The maximum Gasteiger partial charge on any atom is 0.237 e. The van der Waals surface area contributed by atoms with Crippen LogP contribution in [0.4, 0.5) is 11.5 Å². The zero-order valence-corrected chi connectivity index (χ0v) is 13.0. The van der Waals surface area contributed by atoms with Gasteiger partial charge in [0, 0.05) is 22.8 Å². The molecule has 0 saturated carbocycles. The summed E-state index contributed by atoms with van der Waals surface area (Å²) in [7, 11) is 0. The van der Waals surface area contributed by atoms with Crippen LogP contribution in [0.1, 0.15) is 13.8 Å². The van der Waals surface area contributed by atoms with E-state index in [0.717, 1.165) is 10.6 Å². The standard InChI is InChI=1S/C16H19N3OS/c1-12(2)19(13-6-4-3-5-7-13)16(20)11-21-14-8-9-15(17)18-10-14/h3-10,12H,11H2,1-2H3,(H2,17,18). The van der Waals surface area contributed by atoms with Crippen LogP contribution >= 0.6 is 11.8 Å². The number of benzene rings is 1. The number of anilines is 2. The smallest absolute Gasteiger partial charge is 0.237 e. The number of rotatable bonds is 5. The number of para-hydroxylation sites is 1. The zero-order chi connectivity index (χ0) is 15.2. The second-order valence-corrected chi connectivity index (χ2v) is 5.95. The zero-order valence-electron chi connectivity index (χ0n) is 12.2. The van der Waals surface area contributed by atoms with E-state index >= 15 is 0 Å². The molecule has 1 heterocycles. The van der Waals surface area contributed by atoms with Crippen molar-refractivity contribution in [1.82, 2.24) is 4.98 Å². The number of pyridine rings is 1. The van der Waals surface area contributed by atoms with Crippen molar-refractivity contribution in [3.8, 4) is 0 Å². The molecule has 0 unspecified atom stereocenters. The van der Waals surface area contributed by atoms with E-state index in [2.05, 4.69) is 4.98 Å². The number of thioether (sulfide) groups is 1. The first kappa shape index (κ1) is 15.4. The summed E-state index contributed by atoms with van der Waals surface area (Å²) in [6.45, 7) is 4.03. The Morgan fingerprint density at radius 3 is 2.52 bits per heavy atom. The Bertz CT molecular complexity index is 584. The average Bonchev–Trinajstić information content (AvgIpc) is 2.47. The van der Waals surface area contributed by atoms with E-state index in [-0.39, 0.29) is 11.9 Å².